The van der Waals surface area contributed by atoms with Crippen LogP contribution >= 0.6 is 24.0 Å². The summed E-state index contributed by atoms with van der Waals surface area (Å²) in [6.45, 7) is 1.80. The number of fused-ring (bicyclic) bond motifs is 1. The van der Waals surface area contributed by atoms with Gasteiger partial charge in [0, 0.05) is 32.1 Å². The molecular weight excluding hydrogens is 514 g/mol. The number of rotatable bonds is 5. The van der Waals surface area contributed by atoms with Crippen molar-refractivity contribution in [2.45, 2.75) is 25.9 Å². The van der Waals surface area contributed by atoms with Crippen molar-refractivity contribution in [3.05, 3.63) is 53.6 Å². The van der Waals surface area contributed by atoms with Gasteiger partial charge in [0.25, 0.3) is 0 Å². The van der Waals surface area contributed by atoms with Crippen molar-refractivity contribution >= 4 is 29.9 Å². The van der Waals surface area contributed by atoms with Crippen molar-refractivity contribution in [1.29, 1.82) is 0 Å². The molecule has 30 heavy (non-hydrogen) atoms. The molecule has 0 aliphatic carbocycles. The van der Waals surface area contributed by atoms with Crippen LogP contribution in [0, 0.1) is 0 Å². The Morgan fingerprint density at radius 1 is 1.03 bits per heavy atom. The number of hydrogen-bond acceptors (Lipinski definition) is 4. The summed E-state index contributed by atoms with van der Waals surface area (Å²) in [7, 11) is 1.58. The van der Waals surface area contributed by atoms with Gasteiger partial charge in [0.2, 0.25) is 0 Å². The third-order valence-corrected chi connectivity index (χ3v) is 4.14. The molecule has 0 atom stereocenters. The molecule has 10 heteroatoms. The largest absolute Gasteiger partial charge is 0.573 e. The topological polar surface area (TPSA) is 64.1 Å². The summed E-state index contributed by atoms with van der Waals surface area (Å²) in [5.41, 5.74) is 1.32. The average molecular weight is 537 g/mol. The molecule has 2 aromatic carbocycles. The van der Waals surface area contributed by atoms with Crippen LogP contribution in [0.4, 0.5) is 13.2 Å². The maximum atomic E-state index is 12.5. The van der Waals surface area contributed by atoms with Gasteiger partial charge < -0.3 is 24.8 Å². The number of benzene rings is 2. The number of alkyl halides is 3. The van der Waals surface area contributed by atoms with Gasteiger partial charge in [0.05, 0.1) is 13.2 Å². The van der Waals surface area contributed by atoms with Gasteiger partial charge in [-0.05, 0) is 23.8 Å². The Morgan fingerprint density at radius 2 is 1.73 bits per heavy atom. The minimum atomic E-state index is -4.74. The number of nitrogens with zero attached hydrogens (tertiary/aromatic N) is 1. The van der Waals surface area contributed by atoms with Crippen LogP contribution in [0.1, 0.15) is 17.5 Å². The Hall–Kier alpha value is -2.37. The third-order valence-electron chi connectivity index (χ3n) is 4.14. The zero-order chi connectivity index (χ0) is 20.7. The van der Waals surface area contributed by atoms with Crippen LogP contribution < -0.4 is 24.8 Å². The van der Waals surface area contributed by atoms with E-state index in [9.17, 15) is 13.2 Å². The molecule has 164 valence electrons. The number of halogens is 4. The zero-order valence-corrected chi connectivity index (χ0v) is 18.6. The molecular formula is C20H23F3IN3O3. The predicted molar refractivity (Wildman–Crippen MR) is 118 cm³/mol. The lowest BCUT2D eigenvalue weighted by atomic mass is 10.2. The van der Waals surface area contributed by atoms with Crippen molar-refractivity contribution in [3.8, 4) is 17.2 Å². The van der Waals surface area contributed by atoms with Crippen LogP contribution in [-0.2, 0) is 13.1 Å². The number of hydrogen-bond donors (Lipinski definition) is 2. The van der Waals surface area contributed by atoms with Crippen LogP contribution in [0.25, 0.3) is 0 Å². The van der Waals surface area contributed by atoms with Crippen LogP contribution in [0.3, 0.4) is 0 Å². The normalized spacial score (nSPS) is 13.7. The number of guanidine groups is 1. The van der Waals surface area contributed by atoms with Crippen molar-refractivity contribution in [2.75, 3.05) is 20.3 Å². The fourth-order valence-electron chi connectivity index (χ4n) is 2.78. The first-order chi connectivity index (χ1) is 13.9. The summed E-state index contributed by atoms with van der Waals surface area (Å²) in [4.78, 5) is 4.10. The molecule has 0 spiro atoms. The SMILES string of the molecule is CN=C(NCc1ccc2c(c1)OCCCO2)NCc1ccccc1OC(F)(F)F.I. The Balaban J connectivity index is 0.00000320. The first kappa shape index (κ1) is 23.9. The van der Waals surface area contributed by atoms with Gasteiger partial charge in [-0.25, -0.2) is 0 Å². The summed E-state index contributed by atoms with van der Waals surface area (Å²) in [5, 5.41) is 6.12. The Labute approximate surface area is 189 Å². The molecule has 1 aliphatic rings. The zero-order valence-electron chi connectivity index (χ0n) is 16.3. The number of aliphatic imine (C=N–C) groups is 1. The standard InChI is InChI=1S/C20H22F3N3O3.HI/c1-24-19(26-13-15-5-2-3-6-16(15)29-20(21,22)23)25-12-14-7-8-17-18(11-14)28-10-4-9-27-17;/h2-3,5-8,11H,4,9-10,12-13H2,1H3,(H2,24,25,26);1H. The van der Waals surface area contributed by atoms with E-state index < -0.39 is 6.36 Å². The first-order valence-electron chi connectivity index (χ1n) is 9.11. The van der Waals surface area contributed by atoms with Crippen molar-refractivity contribution in [2.24, 2.45) is 4.99 Å². The highest BCUT2D eigenvalue weighted by atomic mass is 127. The number of nitrogens with one attached hydrogen (secondary N) is 2. The van der Waals surface area contributed by atoms with Crippen LogP contribution in [0.2, 0.25) is 0 Å². The Morgan fingerprint density at radius 3 is 2.47 bits per heavy atom. The van der Waals surface area contributed by atoms with E-state index in [0.717, 1.165) is 17.7 Å². The maximum Gasteiger partial charge on any atom is 0.573 e. The molecule has 1 heterocycles. The molecule has 0 saturated carbocycles. The first-order valence-corrected chi connectivity index (χ1v) is 9.11. The minimum absolute atomic E-state index is 0. The lowest BCUT2D eigenvalue weighted by Crippen LogP contribution is -2.36. The average Bonchev–Trinajstić information content (AvgIpc) is 2.93. The van der Waals surface area contributed by atoms with E-state index in [2.05, 4.69) is 20.4 Å². The molecule has 3 rings (SSSR count). The van der Waals surface area contributed by atoms with Gasteiger partial charge in [-0.2, -0.15) is 0 Å². The Bertz CT molecular complexity index is 863. The van der Waals surface area contributed by atoms with Crippen molar-refractivity contribution in [1.82, 2.24) is 10.6 Å². The second kappa shape index (κ2) is 11.1. The summed E-state index contributed by atoms with van der Waals surface area (Å²) < 4.78 is 53.0. The lowest BCUT2D eigenvalue weighted by molar-refractivity contribution is -0.274. The molecule has 0 radical (unpaired) electrons. The second-order valence-corrected chi connectivity index (χ2v) is 6.27. The lowest BCUT2D eigenvalue weighted by Gasteiger charge is -2.16. The van der Waals surface area contributed by atoms with E-state index in [0.29, 0.717) is 37.0 Å². The molecule has 0 unspecified atom stereocenters. The highest BCUT2D eigenvalue weighted by Crippen LogP contribution is 2.30. The minimum Gasteiger partial charge on any atom is -0.490 e. The van der Waals surface area contributed by atoms with Gasteiger partial charge >= 0.3 is 6.36 Å². The van der Waals surface area contributed by atoms with E-state index in [4.69, 9.17) is 9.47 Å². The molecule has 0 aromatic heterocycles. The molecule has 0 amide bonds. The van der Waals surface area contributed by atoms with Crippen LogP contribution in [0.15, 0.2) is 47.5 Å². The van der Waals surface area contributed by atoms with Crippen LogP contribution in [0.5, 0.6) is 17.2 Å². The molecule has 2 aromatic rings. The van der Waals surface area contributed by atoms with E-state index in [1.165, 1.54) is 12.1 Å². The Kier molecular flexibility index (Phi) is 8.88. The van der Waals surface area contributed by atoms with Gasteiger partial charge in [-0.15, -0.1) is 37.1 Å². The molecule has 0 fully saturated rings. The summed E-state index contributed by atoms with van der Waals surface area (Å²) >= 11 is 0. The predicted octanol–water partition coefficient (Wildman–Crippen LogP) is 4.23. The van der Waals surface area contributed by atoms with E-state index in [-0.39, 0.29) is 36.3 Å². The van der Waals surface area contributed by atoms with Crippen molar-refractivity contribution < 1.29 is 27.4 Å². The summed E-state index contributed by atoms with van der Waals surface area (Å²) in [5.74, 6) is 1.61. The van der Waals surface area contributed by atoms with Gasteiger partial charge in [0.15, 0.2) is 17.5 Å². The molecule has 1 aliphatic heterocycles. The third kappa shape index (κ3) is 7.15. The maximum absolute atomic E-state index is 12.5. The second-order valence-electron chi connectivity index (χ2n) is 6.27. The molecule has 6 nitrogen and oxygen atoms in total. The smallest absolute Gasteiger partial charge is 0.490 e. The van der Waals surface area contributed by atoms with E-state index in [1.54, 1.807) is 19.2 Å². The van der Waals surface area contributed by atoms with Gasteiger partial charge in [-0.1, -0.05) is 24.3 Å². The highest BCUT2D eigenvalue weighted by molar-refractivity contribution is 14.0. The van der Waals surface area contributed by atoms with Crippen molar-refractivity contribution in [3.63, 3.8) is 0 Å². The fourth-order valence-corrected chi connectivity index (χ4v) is 2.78. The molecule has 0 saturated heterocycles. The monoisotopic (exact) mass is 537 g/mol. The molecule has 2 N–H and O–H groups in total. The van der Waals surface area contributed by atoms with Gasteiger partial charge in [0.1, 0.15) is 5.75 Å². The quantitative estimate of drug-likeness (QED) is 0.340. The summed E-state index contributed by atoms with van der Waals surface area (Å²) in [6, 6.07) is 11.6. The van der Waals surface area contributed by atoms with E-state index in [1.807, 2.05) is 18.2 Å². The summed E-state index contributed by atoms with van der Waals surface area (Å²) in [6.07, 6.45) is -3.91. The highest BCUT2D eigenvalue weighted by Gasteiger charge is 2.31. The van der Waals surface area contributed by atoms with Gasteiger partial charge in [-0.3, -0.25) is 4.99 Å². The fraction of sp³-hybridized carbons (Fsp3) is 0.350. The van der Waals surface area contributed by atoms with Crippen LogP contribution in [-0.4, -0.2) is 32.6 Å². The molecule has 0 bridgehead atoms. The number of ether oxygens (including phenoxy) is 3. The van der Waals surface area contributed by atoms with E-state index >= 15 is 0 Å². The number of para-hydroxylation sites is 1.